The normalized spacial score (nSPS) is 9.79. The van der Waals surface area contributed by atoms with Gasteiger partial charge in [-0.05, 0) is 23.4 Å². The van der Waals surface area contributed by atoms with Gasteiger partial charge in [0.05, 0.1) is 0 Å². The lowest BCUT2D eigenvalue weighted by atomic mass is 10.0. The Kier molecular flexibility index (Phi) is 3.37. The fraction of sp³-hybridized carbons (Fsp3) is 0.167. The molecule has 0 aromatic heterocycles. The third-order valence-corrected chi connectivity index (χ3v) is 2.43. The zero-order valence-electron chi connectivity index (χ0n) is 8.16. The van der Waals surface area contributed by atoms with E-state index in [1.807, 2.05) is 12.1 Å². The van der Waals surface area contributed by atoms with Gasteiger partial charge in [-0.25, -0.2) is 0 Å². The van der Waals surface area contributed by atoms with Gasteiger partial charge in [-0.3, -0.25) is 0 Å². The summed E-state index contributed by atoms with van der Waals surface area (Å²) in [7, 11) is 0. The third-order valence-electron chi connectivity index (χ3n) is 2.43. The average Bonchev–Trinajstić information content (AvgIpc) is 2.19. The molecule has 2 aromatic carbocycles. The Bertz CT molecular complexity index is 437. The van der Waals surface area contributed by atoms with E-state index in [2.05, 4.69) is 31.2 Å². The number of aryl methyl sites for hydroxylation is 1. The van der Waals surface area contributed by atoms with Crippen molar-refractivity contribution in [1.29, 1.82) is 0 Å². The zero-order chi connectivity index (χ0) is 9.26. The maximum absolute atomic E-state index is 5.88. The lowest BCUT2D eigenvalue weighted by Gasteiger charge is -2.06. The maximum Gasteiger partial charge on any atom is 0.0393 e. The molecule has 2 N–H and O–H groups in total. The fourth-order valence-electron chi connectivity index (χ4n) is 1.69. The van der Waals surface area contributed by atoms with Crippen molar-refractivity contribution in [1.82, 2.24) is 0 Å². The van der Waals surface area contributed by atoms with Gasteiger partial charge in [0, 0.05) is 11.1 Å². The fourth-order valence-corrected chi connectivity index (χ4v) is 1.69. The second-order valence-electron chi connectivity index (χ2n) is 3.21. The van der Waals surface area contributed by atoms with Crippen molar-refractivity contribution in [2.24, 2.45) is 0 Å². The molecule has 0 aliphatic heterocycles. The molecule has 2 rings (SSSR count). The highest BCUT2D eigenvalue weighted by Gasteiger charge is 2.00. The van der Waals surface area contributed by atoms with Crippen molar-refractivity contribution in [2.75, 3.05) is 5.73 Å². The molecule has 74 valence electrons. The van der Waals surface area contributed by atoms with Crippen LogP contribution in [0.25, 0.3) is 10.8 Å². The van der Waals surface area contributed by atoms with Crippen molar-refractivity contribution >= 4 is 28.9 Å². The van der Waals surface area contributed by atoms with E-state index in [9.17, 15) is 0 Å². The van der Waals surface area contributed by atoms with E-state index in [1.165, 1.54) is 16.3 Å². The van der Waals surface area contributed by atoms with Crippen LogP contribution in [0.15, 0.2) is 36.4 Å². The Morgan fingerprint density at radius 1 is 1.00 bits per heavy atom. The number of nitrogens with two attached hydrogens (primary N) is 1. The van der Waals surface area contributed by atoms with Crippen LogP contribution in [0.2, 0.25) is 0 Å². The van der Waals surface area contributed by atoms with Gasteiger partial charge < -0.3 is 5.73 Å². The lowest BCUT2D eigenvalue weighted by molar-refractivity contribution is 1.16. The second kappa shape index (κ2) is 4.34. The first-order chi connectivity index (χ1) is 6.33. The predicted octanol–water partition coefficient (Wildman–Crippen LogP) is 3.41. The molecule has 0 heterocycles. The molecule has 0 saturated carbocycles. The molecule has 2 heteroatoms. The van der Waals surface area contributed by atoms with Gasteiger partial charge >= 0.3 is 0 Å². The van der Waals surface area contributed by atoms with Crippen LogP contribution in [0.5, 0.6) is 0 Å². The summed E-state index contributed by atoms with van der Waals surface area (Å²) in [5, 5.41) is 2.45. The van der Waals surface area contributed by atoms with E-state index in [1.54, 1.807) is 0 Å². The molecule has 0 radical (unpaired) electrons. The molecule has 0 unspecified atom stereocenters. The molecule has 0 amide bonds. The summed E-state index contributed by atoms with van der Waals surface area (Å²) in [6.07, 6.45) is 1.06. The van der Waals surface area contributed by atoms with Gasteiger partial charge in [-0.1, -0.05) is 37.3 Å². The van der Waals surface area contributed by atoms with Crippen molar-refractivity contribution < 1.29 is 0 Å². The molecular weight excluding hydrogens is 194 g/mol. The Balaban J connectivity index is 0.000000980. The molecule has 14 heavy (non-hydrogen) atoms. The first-order valence-corrected chi connectivity index (χ1v) is 4.59. The standard InChI is InChI=1S/C12H13N.ClH/c1-2-9-7-8-12(13)11-6-4-3-5-10(9)11;/h3-8H,2,13H2,1H3;1H. The quantitative estimate of drug-likeness (QED) is 0.713. The first kappa shape index (κ1) is 10.9. The summed E-state index contributed by atoms with van der Waals surface area (Å²) in [4.78, 5) is 0. The van der Waals surface area contributed by atoms with Crippen LogP contribution < -0.4 is 5.73 Å². The highest BCUT2D eigenvalue weighted by Crippen LogP contribution is 2.24. The lowest BCUT2D eigenvalue weighted by Crippen LogP contribution is -1.90. The van der Waals surface area contributed by atoms with Crippen LogP contribution in [0.4, 0.5) is 5.69 Å². The highest BCUT2D eigenvalue weighted by molar-refractivity contribution is 5.95. The van der Waals surface area contributed by atoms with Gasteiger partial charge in [0.25, 0.3) is 0 Å². The molecule has 0 fully saturated rings. The van der Waals surface area contributed by atoms with Gasteiger partial charge in [0.1, 0.15) is 0 Å². The smallest absolute Gasteiger partial charge is 0.0393 e. The van der Waals surface area contributed by atoms with Crippen molar-refractivity contribution in [2.45, 2.75) is 13.3 Å². The number of halogens is 1. The SMILES string of the molecule is CCc1ccc(N)c2ccccc12.Cl. The van der Waals surface area contributed by atoms with E-state index < -0.39 is 0 Å². The molecule has 0 aliphatic carbocycles. The summed E-state index contributed by atoms with van der Waals surface area (Å²) in [5.41, 5.74) is 8.11. The Hall–Kier alpha value is -1.21. The van der Waals surface area contributed by atoms with Crippen LogP contribution in [0.3, 0.4) is 0 Å². The summed E-state index contributed by atoms with van der Waals surface area (Å²) in [6, 6.07) is 12.4. The van der Waals surface area contributed by atoms with E-state index in [0.717, 1.165) is 12.1 Å². The van der Waals surface area contributed by atoms with E-state index in [-0.39, 0.29) is 12.4 Å². The van der Waals surface area contributed by atoms with Crippen LogP contribution >= 0.6 is 12.4 Å². The van der Waals surface area contributed by atoms with Gasteiger partial charge in [0.15, 0.2) is 0 Å². The molecule has 0 atom stereocenters. The Morgan fingerprint density at radius 3 is 2.29 bits per heavy atom. The van der Waals surface area contributed by atoms with Crippen LogP contribution in [-0.2, 0) is 6.42 Å². The van der Waals surface area contributed by atoms with E-state index in [0.29, 0.717) is 0 Å². The minimum absolute atomic E-state index is 0. The Labute approximate surface area is 90.3 Å². The number of fused-ring (bicyclic) bond motifs is 1. The topological polar surface area (TPSA) is 26.0 Å². The van der Waals surface area contributed by atoms with Gasteiger partial charge in [-0.2, -0.15) is 0 Å². The second-order valence-corrected chi connectivity index (χ2v) is 3.21. The minimum atomic E-state index is 0. The molecule has 0 saturated heterocycles. The summed E-state index contributed by atoms with van der Waals surface area (Å²) >= 11 is 0. The molecule has 0 bridgehead atoms. The number of rotatable bonds is 1. The maximum atomic E-state index is 5.88. The average molecular weight is 208 g/mol. The predicted molar refractivity (Wildman–Crippen MR) is 65.0 cm³/mol. The molecule has 1 nitrogen and oxygen atoms in total. The van der Waals surface area contributed by atoms with E-state index >= 15 is 0 Å². The summed E-state index contributed by atoms with van der Waals surface area (Å²) in [5.74, 6) is 0. The first-order valence-electron chi connectivity index (χ1n) is 4.59. The highest BCUT2D eigenvalue weighted by atomic mass is 35.5. The molecule has 0 spiro atoms. The van der Waals surface area contributed by atoms with Crippen LogP contribution in [-0.4, -0.2) is 0 Å². The summed E-state index contributed by atoms with van der Waals surface area (Å²) < 4.78 is 0. The zero-order valence-corrected chi connectivity index (χ0v) is 8.97. The Morgan fingerprint density at radius 2 is 1.64 bits per heavy atom. The van der Waals surface area contributed by atoms with Crippen LogP contribution in [0, 0.1) is 0 Å². The molecule has 2 aromatic rings. The summed E-state index contributed by atoms with van der Waals surface area (Å²) in [6.45, 7) is 2.16. The molecular formula is C12H14ClN. The van der Waals surface area contributed by atoms with Gasteiger partial charge in [-0.15, -0.1) is 12.4 Å². The van der Waals surface area contributed by atoms with Crippen molar-refractivity contribution in [3.05, 3.63) is 42.0 Å². The number of nitrogen functional groups attached to an aromatic ring is 1. The number of benzene rings is 2. The number of anilines is 1. The third kappa shape index (κ3) is 1.68. The van der Waals surface area contributed by atoms with Crippen molar-refractivity contribution in [3.8, 4) is 0 Å². The monoisotopic (exact) mass is 207 g/mol. The van der Waals surface area contributed by atoms with Crippen LogP contribution in [0.1, 0.15) is 12.5 Å². The van der Waals surface area contributed by atoms with Gasteiger partial charge in [0.2, 0.25) is 0 Å². The largest absolute Gasteiger partial charge is 0.398 e. The minimum Gasteiger partial charge on any atom is -0.398 e. The number of hydrogen-bond acceptors (Lipinski definition) is 1. The van der Waals surface area contributed by atoms with Crippen molar-refractivity contribution in [3.63, 3.8) is 0 Å². The molecule has 0 aliphatic rings. The van der Waals surface area contributed by atoms with E-state index in [4.69, 9.17) is 5.73 Å². The number of hydrogen-bond donors (Lipinski definition) is 1.